The molecular weight excluding hydrogens is 313 g/mol. The third kappa shape index (κ3) is 2.50. The molecule has 0 aliphatic carbocycles. The zero-order valence-corrected chi connectivity index (χ0v) is 13.2. The molecule has 0 aliphatic rings. The SMILES string of the molecule is Cc1cccc(-c2nc(C(C)(C)C)sc2Br)c1F. The number of halogens is 2. The van der Waals surface area contributed by atoms with Gasteiger partial charge in [-0.15, -0.1) is 11.3 Å². The molecule has 2 aromatic rings. The topological polar surface area (TPSA) is 12.9 Å². The van der Waals surface area contributed by atoms with Crippen LogP contribution in [0.1, 0.15) is 31.3 Å². The van der Waals surface area contributed by atoms with E-state index in [1.807, 2.05) is 6.07 Å². The predicted molar refractivity (Wildman–Crippen MR) is 78.6 cm³/mol. The van der Waals surface area contributed by atoms with Crippen molar-refractivity contribution in [2.24, 2.45) is 0 Å². The number of hydrogen-bond donors (Lipinski definition) is 0. The number of nitrogens with zero attached hydrogens (tertiary/aromatic N) is 1. The van der Waals surface area contributed by atoms with E-state index in [0.29, 0.717) is 16.8 Å². The lowest BCUT2D eigenvalue weighted by Crippen LogP contribution is -2.10. The molecule has 0 aliphatic heterocycles. The van der Waals surface area contributed by atoms with Gasteiger partial charge in [-0.05, 0) is 34.5 Å². The van der Waals surface area contributed by atoms with Gasteiger partial charge in [0, 0.05) is 11.0 Å². The van der Waals surface area contributed by atoms with E-state index >= 15 is 0 Å². The van der Waals surface area contributed by atoms with Gasteiger partial charge in [0.1, 0.15) is 5.82 Å². The first-order valence-electron chi connectivity index (χ1n) is 5.73. The summed E-state index contributed by atoms with van der Waals surface area (Å²) in [5.41, 5.74) is 1.88. The van der Waals surface area contributed by atoms with Crippen molar-refractivity contribution >= 4 is 27.3 Å². The molecule has 0 radical (unpaired) electrons. The van der Waals surface area contributed by atoms with Crippen molar-refractivity contribution in [1.29, 1.82) is 0 Å². The number of aryl methyl sites for hydroxylation is 1. The molecular formula is C14H15BrFNS. The van der Waals surface area contributed by atoms with Gasteiger partial charge in [0.25, 0.3) is 0 Å². The quantitative estimate of drug-likeness (QED) is 0.690. The van der Waals surface area contributed by atoms with Crippen LogP contribution >= 0.6 is 27.3 Å². The summed E-state index contributed by atoms with van der Waals surface area (Å²) in [6, 6.07) is 5.40. The highest BCUT2D eigenvalue weighted by Crippen LogP contribution is 2.38. The highest BCUT2D eigenvalue weighted by Gasteiger charge is 2.22. The predicted octanol–water partition coefficient (Wildman–Crippen LogP) is 5.32. The van der Waals surface area contributed by atoms with Crippen molar-refractivity contribution in [2.75, 3.05) is 0 Å². The minimum atomic E-state index is -0.191. The Morgan fingerprint density at radius 2 is 1.94 bits per heavy atom. The number of thiazole rings is 1. The van der Waals surface area contributed by atoms with Crippen LogP contribution in [-0.4, -0.2) is 4.98 Å². The third-order valence-corrected chi connectivity index (χ3v) is 4.81. The first-order chi connectivity index (χ1) is 8.30. The Hall–Kier alpha value is -0.740. The standard InChI is InChI=1S/C14H15BrFNS/c1-8-6-5-7-9(10(8)16)11-12(15)18-13(17-11)14(2,3)4/h5-7H,1-4H3. The fourth-order valence-corrected chi connectivity index (χ4v) is 3.25. The molecule has 0 unspecified atom stereocenters. The molecule has 0 N–H and O–H groups in total. The van der Waals surface area contributed by atoms with Crippen LogP contribution in [0, 0.1) is 12.7 Å². The van der Waals surface area contributed by atoms with Gasteiger partial charge in [0.05, 0.1) is 14.5 Å². The zero-order chi connectivity index (χ0) is 13.5. The molecule has 0 saturated heterocycles. The van der Waals surface area contributed by atoms with E-state index in [9.17, 15) is 4.39 Å². The summed E-state index contributed by atoms with van der Waals surface area (Å²) in [5.74, 6) is -0.191. The number of rotatable bonds is 1. The fourth-order valence-electron chi connectivity index (χ4n) is 1.62. The highest BCUT2D eigenvalue weighted by molar-refractivity contribution is 9.11. The monoisotopic (exact) mass is 327 g/mol. The van der Waals surface area contributed by atoms with Gasteiger partial charge in [-0.2, -0.15) is 0 Å². The second-order valence-corrected chi connectivity index (χ2v) is 7.64. The lowest BCUT2D eigenvalue weighted by molar-refractivity contribution is 0.585. The summed E-state index contributed by atoms with van der Waals surface area (Å²) >= 11 is 5.06. The molecule has 0 saturated carbocycles. The van der Waals surface area contributed by atoms with Crippen LogP contribution in [0.5, 0.6) is 0 Å². The minimum Gasteiger partial charge on any atom is -0.239 e. The molecule has 1 nitrogen and oxygen atoms in total. The molecule has 0 amide bonds. The van der Waals surface area contributed by atoms with Crippen LogP contribution in [0.15, 0.2) is 22.0 Å². The Balaban J connectivity index is 2.58. The Kier molecular flexibility index (Phi) is 3.60. The Morgan fingerprint density at radius 3 is 2.50 bits per heavy atom. The third-order valence-electron chi connectivity index (χ3n) is 2.67. The van der Waals surface area contributed by atoms with Crippen molar-refractivity contribution in [2.45, 2.75) is 33.1 Å². The van der Waals surface area contributed by atoms with E-state index < -0.39 is 0 Å². The minimum absolute atomic E-state index is 0.0221. The summed E-state index contributed by atoms with van der Waals surface area (Å²) in [7, 11) is 0. The van der Waals surface area contributed by atoms with E-state index in [1.54, 1.807) is 30.4 Å². The first kappa shape index (κ1) is 13.7. The van der Waals surface area contributed by atoms with Crippen molar-refractivity contribution in [3.8, 4) is 11.3 Å². The van der Waals surface area contributed by atoms with Gasteiger partial charge in [0.2, 0.25) is 0 Å². The molecule has 2 rings (SSSR count). The molecule has 1 aromatic heterocycles. The Bertz CT molecular complexity index is 584. The molecule has 1 aromatic carbocycles. The summed E-state index contributed by atoms with van der Waals surface area (Å²) < 4.78 is 15.0. The van der Waals surface area contributed by atoms with Crippen LogP contribution in [0.4, 0.5) is 4.39 Å². The van der Waals surface area contributed by atoms with Crippen LogP contribution in [0.2, 0.25) is 0 Å². The van der Waals surface area contributed by atoms with E-state index in [2.05, 4.69) is 41.7 Å². The van der Waals surface area contributed by atoms with Crippen LogP contribution in [0.25, 0.3) is 11.3 Å². The molecule has 96 valence electrons. The number of aromatic nitrogens is 1. The summed E-state index contributed by atoms with van der Waals surface area (Å²) in [5, 5.41) is 1.00. The normalized spacial score (nSPS) is 11.9. The largest absolute Gasteiger partial charge is 0.239 e. The fraction of sp³-hybridized carbons (Fsp3) is 0.357. The van der Waals surface area contributed by atoms with Crippen molar-refractivity contribution in [3.05, 3.63) is 38.4 Å². The second-order valence-electron chi connectivity index (χ2n) is 5.33. The van der Waals surface area contributed by atoms with Gasteiger partial charge in [-0.1, -0.05) is 32.9 Å². The van der Waals surface area contributed by atoms with E-state index in [0.717, 1.165) is 8.79 Å². The summed E-state index contributed by atoms with van der Waals surface area (Å²) in [6.45, 7) is 8.09. The number of hydrogen-bond acceptors (Lipinski definition) is 2. The molecule has 4 heteroatoms. The first-order valence-corrected chi connectivity index (χ1v) is 7.34. The van der Waals surface area contributed by atoms with E-state index in [1.165, 1.54) is 0 Å². The lowest BCUT2D eigenvalue weighted by Gasteiger charge is -2.13. The van der Waals surface area contributed by atoms with Gasteiger partial charge >= 0.3 is 0 Å². The molecule has 0 fully saturated rings. The average molecular weight is 328 g/mol. The Labute approximate surface area is 119 Å². The summed E-state index contributed by atoms with van der Waals surface area (Å²) in [6.07, 6.45) is 0. The average Bonchev–Trinajstić information content (AvgIpc) is 2.64. The van der Waals surface area contributed by atoms with Gasteiger partial charge in [-0.3, -0.25) is 0 Å². The molecule has 18 heavy (non-hydrogen) atoms. The van der Waals surface area contributed by atoms with Gasteiger partial charge < -0.3 is 0 Å². The lowest BCUT2D eigenvalue weighted by atomic mass is 9.98. The molecule has 0 atom stereocenters. The van der Waals surface area contributed by atoms with Crippen LogP contribution < -0.4 is 0 Å². The Morgan fingerprint density at radius 1 is 1.28 bits per heavy atom. The van der Waals surface area contributed by atoms with Crippen LogP contribution in [-0.2, 0) is 5.41 Å². The second kappa shape index (κ2) is 4.74. The van der Waals surface area contributed by atoms with Crippen molar-refractivity contribution in [3.63, 3.8) is 0 Å². The van der Waals surface area contributed by atoms with Crippen molar-refractivity contribution < 1.29 is 4.39 Å². The highest BCUT2D eigenvalue weighted by atomic mass is 79.9. The van der Waals surface area contributed by atoms with Crippen LogP contribution in [0.3, 0.4) is 0 Å². The maximum Gasteiger partial charge on any atom is 0.135 e. The number of benzene rings is 1. The van der Waals surface area contributed by atoms with Gasteiger partial charge in [0.15, 0.2) is 0 Å². The molecule has 1 heterocycles. The van der Waals surface area contributed by atoms with E-state index in [4.69, 9.17) is 0 Å². The van der Waals surface area contributed by atoms with Crippen molar-refractivity contribution in [1.82, 2.24) is 4.98 Å². The van der Waals surface area contributed by atoms with E-state index in [-0.39, 0.29) is 11.2 Å². The zero-order valence-electron chi connectivity index (χ0n) is 10.8. The smallest absolute Gasteiger partial charge is 0.135 e. The maximum absolute atomic E-state index is 14.1. The summed E-state index contributed by atoms with van der Waals surface area (Å²) in [4.78, 5) is 4.58. The molecule has 0 bridgehead atoms. The molecule has 0 spiro atoms. The van der Waals surface area contributed by atoms with Gasteiger partial charge in [-0.25, -0.2) is 9.37 Å². The maximum atomic E-state index is 14.1.